The van der Waals surface area contributed by atoms with E-state index in [1.807, 2.05) is 26.0 Å². The molecule has 3 aromatic rings. The highest BCUT2D eigenvalue weighted by Gasteiger charge is 2.45. The number of nitrogens with one attached hydrogen (secondary N) is 1. The summed E-state index contributed by atoms with van der Waals surface area (Å²) >= 11 is 1.55. The zero-order valence-electron chi connectivity index (χ0n) is 19.3. The highest BCUT2D eigenvalue weighted by molar-refractivity contribution is 7.18. The van der Waals surface area contributed by atoms with Gasteiger partial charge in [-0.25, -0.2) is 4.98 Å². The van der Waals surface area contributed by atoms with Crippen LogP contribution in [0, 0.1) is 23.2 Å². The van der Waals surface area contributed by atoms with Gasteiger partial charge in [0.25, 0.3) is 0 Å². The largest absolute Gasteiger partial charge is 0.357 e. The minimum absolute atomic E-state index is 0.0538. The fraction of sp³-hybridized carbons (Fsp3) is 0.480. The van der Waals surface area contributed by atoms with Gasteiger partial charge < -0.3 is 14.8 Å². The van der Waals surface area contributed by atoms with Gasteiger partial charge >= 0.3 is 0 Å². The predicted octanol–water partition coefficient (Wildman–Crippen LogP) is 4.39. The number of hydrogen-bond acceptors (Lipinski definition) is 6. The molecule has 2 saturated heterocycles. The number of rotatable bonds is 1. The van der Waals surface area contributed by atoms with Crippen molar-refractivity contribution >= 4 is 33.2 Å². The summed E-state index contributed by atoms with van der Waals surface area (Å²) in [6.07, 6.45) is 0. The molecule has 4 heterocycles. The van der Waals surface area contributed by atoms with Crippen molar-refractivity contribution in [3.8, 4) is 6.07 Å². The Bertz CT molecular complexity index is 1250. The van der Waals surface area contributed by atoms with Gasteiger partial charge in [0.05, 0.1) is 22.9 Å². The van der Waals surface area contributed by atoms with Crippen LogP contribution in [0.25, 0.3) is 10.9 Å². The van der Waals surface area contributed by atoms with Crippen LogP contribution >= 0.6 is 11.3 Å². The van der Waals surface area contributed by atoms with Crippen molar-refractivity contribution in [2.24, 2.45) is 11.8 Å². The Morgan fingerprint density at radius 3 is 2.53 bits per heavy atom. The number of ketones is 1. The van der Waals surface area contributed by atoms with Crippen molar-refractivity contribution in [1.82, 2.24) is 14.9 Å². The average molecular weight is 448 g/mol. The third-order valence-corrected chi connectivity index (χ3v) is 8.25. The SMILES string of the molecule is CC.CN1C[C@@H]2CN(c3nc4c(s3)C(=O)c3c([nH]c5cc(C#N)ccc35)C4(C)C)C[C@@H]2C1. The first-order chi connectivity index (χ1) is 15.4. The van der Waals surface area contributed by atoms with Crippen LogP contribution in [-0.4, -0.2) is 53.9 Å². The van der Waals surface area contributed by atoms with Gasteiger partial charge in [0.1, 0.15) is 4.88 Å². The number of aromatic nitrogens is 2. The first-order valence-electron chi connectivity index (χ1n) is 11.4. The molecule has 0 amide bonds. The van der Waals surface area contributed by atoms with Gasteiger partial charge in [-0.2, -0.15) is 5.26 Å². The predicted molar refractivity (Wildman–Crippen MR) is 129 cm³/mol. The second-order valence-electron chi connectivity index (χ2n) is 9.52. The zero-order valence-corrected chi connectivity index (χ0v) is 20.1. The second kappa shape index (κ2) is 7.43. The highest BCUT2D eigenvalue weighted by atomic mass is 32.1. The molecule has 2 fully saturated rings. The molecule has 6 nitrogen and oxygen atoms in total. The first kappa shape index (κ1) is 21.2. The summed E-state index contributed by atoms with van der Waals surface area (Å²) in [4.78, 5) is 27.6. The Kier molecular flexibility index (Phi) is 4.92. The van der Waals surface area contributed by atoms with Gasteiger partial charge in [-0.3, -0.25) is 4.79 Å². The monoisotopic (exact) mass is 447 g/mol. The number of carbonyl (C=O) groups excluding carboxylic acids is 1. The number of nitrogens with zero attached hydrogens (tertiary/aromatic N) is 4. The molecule has 6 rings (SSSR count). The summed E-state index contributed by atoms with van der Waals surface area (Å²) in [6, 6.07) is 7.67. The minimum atomic E-state index is -0.394. The van der Waals surface area contributed by atoms with Crippen molar-refractivity contribution in [3.05, 3.63) is 45.6 Å². The minimum Gasteiger partial charge on any atom is -0.357 e. The summed E-state index contributed by atoms with van der Waals surface area (Å²) in [7, 11) is 2.20. The summed E-state index contributed by atoms with van der Waals surface area (Å²) in [5.74, 6) is 1.45. The lowest BCUT2D eigenvalue weighted by molar-refractivity contribution is 0.103. The van der Waals surface area contributed by atoms with Crippen LogP contribution in [0.4, 0.5) is 5.13 Å². The van der Waals surface area contributed by atoms with Gasteiger partial charge in [-0.1, -0.05) is 31.3 Å². The molecule has 1 N–H and O–H groups in total. The molecule has 2 aliphatic heterocycles. The first-order valence-corrected chi connectivity index (χ1v) is 12.2. The van der Waals surface area contributed by atoms with Crippen molar-refractivity contribution in [3.63, 3.8) is 0 Å². The Morgan fingerprint density at radius 1 is 1.19 bits per heavy atom. The van der Waals surface area contributed by atoms with Crippen LogP contribution in [0.2, 0.25) is 0 Å². The van der Waals surface area contributed by atoms with Crippen LogP contribution in [0.5, 0.6) is 0 Å². The molecule has 7 heteroatoms. The summed E-state index contributed by atoms with van der Waals surface area (Å²) in [5.41, 5.74) is 3.55. The van der Waals surface area contributed by atoms with E-state index in [-0.39, 0.29) is 5.78 Å². The maximum absolute atomic E-state index is 13.6. The Morgan fingerprint density at radius 2 is 1.88 bits per heavy atom. The number of hydrogen-bond donors (Lipinski definition) is 1. The van der Waals surface area contributed by atoms with E-state index in [0.29, 0.717) is 17.4 Å². The molecule has 32 heavy (non-hydrogen) atoms. The topological polar surface area (TPSA) is 76.0 Å². The van der Waals surface area contributed by atoms with Gasteiger partial charge in [0, 0.05) is 48.2 Å². The number of anilines is 1. The van der Waals surface area contributed by atoms with E-state index in [1.54, 1.807) is 17.4 Å². The molecule has 1 aromatic carbocycles. The van der Waals surface area contributed by atoms with E-state index in [0.717, 1.165) is 64.0 Å². The van der Waals surface area contributed by atoms with Crippen LogP contribution in [0.1, 0.15) is 59.9 Å². The van der Waals surface area contributed by atoms with E-state index in [9.17, 15) is 10.1 Å². The lowest BCUT2D eigenvalue weighted by atomic mass is 9.77. The Labute approximate surface area is 192 Å². The number of fused-ring (bicyclic) bond motifs is 5. The van der Waals surface area contributed by atoms with E-state index in [1.165, 1.54) is 0 Å². The molecule has 1 aliphatic carbocycles. The lowest BCUT2D eigenvalue weighted by Gasteiger charge is -2.28. The molecule has 0 unspecified atom stereocenters. The van der Waals surface area contributed by atoms with Gasteiger partial charge in [0.15, 0.2) is 5.13 Å². The van der Waals surface area contributed by atoms with E-state index in [4.69, 9.17) is 4.98 Å². The molecule has 0 saturated carbocycles. The average Bonchev–Trinajstić information content (AvgIpc) is 3.53. The standard InChI is InChI=1S/C23H23N5OS.C2H6/c1-23(2)20-17(15-5-4-12(7-24)6-16(15)25-20)18(29)19-21(23)26-22(30-19)28-10-13-8-27(3)9-14(13)11-28;1-2/h4-6,13-14,25H,8-11H2,1-3H3;1-2H3/t13-,14+;. The zero-order chi connectivity index (χ0) is 22.8. The number of likely N-dealkylation sites (tertiary alicyclic amines) is 1. The maximum Gasteiger partial charge on any atom is 0.207 e. The summed E-state index contributed by atoms with van der Waals surface area (Å²) in [5, 5.41) is 11.1. The fourth-order valence-corrected chi connectivity index (χ4v) is 6.80. The lowest BCUT2D eigenvalue weighted by Crippen LogP contribution is -2.30. The quantitative estimate of drug-likeness (QED) is 0.599. The van der Waals surface area contributed by atoms with Gasteiger partial charge in [0.2, 0.25) is 5.78 Å². The van der Waals surface area contributed by atoms with Gasteiger partial charge in [-0.05, 0) is 44.9 Å². The highest BCUT2D eigenvalue weighted by Crippen LogP contribution is 2.47. The number of H-pyrrole nitrogens is 1. The molecule has 0 bridgehead atoms. The Balaban J connectivity index is 0.00000105. The van der Waals surface area contributed by atoms with E-state index in [2.05, 4.69) is 41.7 Å². The third kappa shape index (κ3) is 2.93. The number of thiazole rings is 1. The van der Waals surface area contributed by atoms with Crippen LogP contribution < -0.4 is 4.90 Å². The van der Waals surface area contributed by atoms with E-state index < -0.39 is 5.41 Å². The smallest absolute Gasteiger partial charge is 0.207 e. The number of benzene rings is 1. The van der Waals surface area contributed by atoms with Crippen molar-refractivity contribution in [2.45, 2.75) is 33.1 Å². The molecule has 2 aromatic heterocycles. The van der Waals surface area contributed by atoms with Crippen LogP contribution in [0.3, 0.4) is 0 Å². The normalized spacial score (nSPS) is 23.4. The maximum atomic E-state index is 13.6. The molecular weight excluding hydrogens is 418 g/mol. The molecule has 0 spiro atoms. The third-order valence-electron chi connectivity index (χ3n) is 7.13. The molecule has 3 aliphatic rings. The molecular formula is C25H29N5OS. The Hall–Kier alpha value is -2.69. The van der Waals surface area contributed by atoms with Crippen molar-refractivity contribution in [1.29, 1.82) is 5.26 Å². The van der Waals surface area contributed by atoms with Crippen molar-refractivity contribution < 1.29 is 4.79 Å². The fourth-order valence-electron chi connectivity index (χ4n) is 5.61. The van der Waals surface area contributed by atoms with Crippen LogP contribution in [0.15, 0.2) is 18.2 Å². The number of aromatic amines is 1. The second-order valence-corrected chi connectivity index (χ2v) is 10.5. The number of carbonyl (C=O) groups is 1. The van der Waals surface area contributed by atoms with Crippen LogP contribution in [-0.2, 0) is 5.41 Å². The summed E-state index contributed by atoms with van der Waals surface area (Å²) < 4.78 is 0. The molecule has 2 atom stereocenters. The number of nitriles is 1. The molecule has 166 valence electrons. The molecule has 0 radical (unpaired) electrons. The van der Waals surface area contributed by atoms with E-state index >= 15 is 0 Å². The summed E-state index contributed by atoms with van der Waals surface area (Å²) in [6.45, 7) is 12.6. The van der Waals surface area contributed by atoms with Gasteiger partial charge in [-0.15, -0.1) is 0 Å². The van der Waals surface area contributed by atoms with Crippen molar-refractivity contribution in [2.75, 3.05) is 38.1 Å².